The molecule has 1 aromatic heterocycles. The molecule has 0 saturated carbocycles. The van der Waals surface area contributed by atoms with Crippen molar-refractivity contribution in [2.45, 2.75) is 13.0 Å². The molecule has 1 unspecified atom stereocenters. The number of anilines is 1. The van der Waals surface area contributed by atoms with Crippen LogP contribution in [0.4, 0.5) is 10.5 Å². The van der Waals surface area contributed by atoms with Gasteiger partial charge in [0.05, 0.1) is 10.7 Å². The van der Waals surface area contributed by atoms with E-state index in [-0.39, 0.29) is 0 Å². The van der Waals surface area contributed by atoms with E-state index in [1.807, 2.05) is 54.6 Å². The average Bonchev–Trinajstić information content (AvgIpc) is 3.21. The minimum Gasteiger partial charge on any atom is -0.454 e. The third kappa shape index (κ3) is 5.02. The van der Waals surface area contributed by atoms with Crippen LogP contribution in [0.5, 0.6) is 11.5 Å². The molecule has 0 bridgehead atoms. The molecule has 0 aliphatic heterocycles. The van der Waals surface area contributed by atoms with Crippen LogP contribution in [0.15, 0.2) is 78.9 Å². The van der Waals surface area contributed by atoms with Crippen molar-refractivity contribution in [3.63, 3.8) is 0 Å². The molecule has 4 aromatic rings. The quantitative estimate of drug-likeness (QED) is 0.376. The van der Waals surface area contributed by atoms with Crippen LogP contribution < -0.4 is 15.4 Å². The highest BCUT2D eigenvalue weighted by atomic mass is 35.5. The van der Waals surface area contributed by atoms with Crippen LogP contribution in [0.3, 0.4) is 0 Å². The Morgan fingerprint density at radius 3 is 2.35 bits per heavy atom. The molecule has 0 saturated heterocycles. The average molecular weight is 434 g/mol. The maximum atomic E-state index is 12.9. The van der Waals surface area contributed by atoms with E-state index < -0.39 is 12.1 Å². The number of nitrogens with zero attached hydrogens (tertiary/aromatic N) is 2. The summed E-state index contributed by atoms with van der Waals surface area (Å²) in [5.41, 5.74) is 1.36. The first kappa shape index (κ1) is 20.4. The van der Waals surface area contributed by atoms with Crippen LogP contribution in [0.2, 0.25) is 5.02 Å². The maximum absolute atomic E-state index is 12.9. The Morgan fingerprint density at radius 1 is 0.968 bits per heavy atom. The van der Waals surface area contributed by atoms with E-state index in [1.54, 1.807) is 31.2 Å². The number of halogens is 1. The highest BCUT2D eigenvalue weighted by Crippen LogP contribution is 2.33. The number of ether oxygens (including phenoxy) is 1. The van der Waals surface area contributed by atoms with Gasteiger partial charge in [-0.3, -0.25) is 5.10 Å². The van der Waals surface area contributed by atoms with E-state index >= 15 is 0 Å². The van der Waals surface area contributed by atoms with Crippen LogP contribution >= 0.6 is 11.6 Å². The molecule has 8 heteroatoms. The Hall–Kier alpha value is -3.84. The Bertz CT molecular complexity index is 1180. The fourth-order valence-electron chi connectivity index (χ4n) is 3.03. The third-order valence-electron chi connectivity index (χ3n) is 4.47. The lowest BCUT2D eigenvalue weighted by molar-refractivity contribution is 0.249. The molecule has 3 aromatic carbocycles. The lowest BCUT2D eigenvalue weighted by Crippen LogP contribution is -2.34. The van der Waals surface area contributed by atoms with Crippen molar-refractivity contribution in [3.05, 3.63) is 101 Å². The Labute approximate surface area is 184 Å². The molecule has 156 valence electrons. The van der Waals surface area contributed by atoms with Crippen molar-refractivity contribution in [1.29, 1.82) is 0 Å². The number of urea groups is 1. The summed E-state index contributed by atoms with van der Waals surface area (Å²) in [6.45, 7) is 1.81. The topological polar surface area (TPSA) is 91.9 Å². The molecule has 31 heavy (non-hydrogen) atoms. The van der Waals surface area contributed by atoms with Gasteiger partial charge in [-0.25, -0.2) is 9.78 Å². The van der Waals surface area contributed by atoms with Gasteiger partial charge in [0.25, 0.3) is 0 Å². The third-order valence-corrected chi connectivity index (χ3v) is 4.79. The number of aromatic nitrogens is 3. The molecule has 0 spiro atoms. The van der Waals surface area contributed by atoms with Gasteiger partial charge in [-0.15, -0.1) is 0 Å². The van der Waals surface area contributed by atoms with Gasteiger partial charge in [0.1, 0.15) is 17.6 Å². The molecular weight excluding hydrogens is 414 g/mol. The molecule has 2 amide bonds. The largest absolute Gasteiger partial charge is 0.454 e. The van der Waals surface area contributed by atoms with E-state index in [0.29, 0.717) is 33.9 Å². The summed E-state index contributed by atoms with van der Waals surface area (Å²) >= 11 is 6.20. The SMILES string of the molecule is Cc1nc(C(NC(=O)Nc2ccccc2Oc2ccccc2Cl)c2ccccc2)n[nH]1. The van der Waals surface area contributed by atoms with Crippen molar-refractivity contribution < 1.29 is 9.53 Å². The van der Waals surface area contributed by atoms with Gasteiger partial charge in [-0.1, -0.05) is 66.2 Å². The summed E-state index contributed by atoms with van der Waals surface area (Å²) in [5.74, 6) is 2.10. The van der Waals surface area contributed by atoms with E-state index in [4.69, 9.17) is 16.3 Å². The van der Waals surface area contributed by atoms with Crippen molar-refractivity contribution in [3.8, 4) is 11.5 Å². The van der Waals surface area contributed by atoms with E-state index in [0.717, 1.165) is 5.56 Å². The minimum absolute atomic E-state index is 0.425. The number of para-hydroxylation sites is 3. The number of carbonyl (C=O) groups excluding carboxylic acids is 1. The zero-order chi connectivity index (χ0) is 21.6. The van der Waals surface area contributed by atoms with Crippen LogP contribution in [0.1, 0.15) is 23.3 Å². The van der Waals surface area contributed by atoms with Gasteiger partial charge in [-0.05, 0) is 36.8 Å². The Morgan fingerprint density at radius 2 is 1.65 bits per heavy atom. The molecule has 0 radical (unpaired) electrons. The van der Waals surface area contributed by atoms with Gasteiger partial charge < -0.3 is 15.4 Å². The molecule has 0 aliphatic rings. The van der Waals surface area contributed by atoms with Crippen molar-refractivity contribution >= 4 is 23.3 Å². The normalized spacial score (nSPS) is 11.5. The summed E-state index contributed by atoms with van der Waals surface area (Å²) in [7, 11) is 0. The predicted octanol–water partition coefficient (Wildman–Crippen LogP) is 5.47. The number of aryl methyl sites for hydroxylation is 1. The molecule has 3 N–H and O–H groups in total. The number of aromatic amines is 1. The van der Waals surface area contributed by atoms with E-state index in [1.165, 1.54) is 0 Å². The summed E-state index contributed by atoms with van der Waals surface area (Å²) in [6.07, 6.45) is 0. The fraction of sp³-hybridized carbons (Fsp3) is 0.0870. The van der Waals surface area contributed by atoms with Gasteiger partial charge in [0.15, 0.2) is 11.6 Å². The minimum atomic E-state index is -0.525. The second kappa shape index (κ2) is 9.32. The maximum Gasteiger partial charge on any atom is 0.320 e. The number of hydrogen-bond donors (Lipinski definition) is 3. The lowest BCUT2D eigenvalue weighted by atomic mass is 10.1. The Balaban J connectivity index is 1.54. The van der Waals surface area contributed by atoms with Crippen LogP contribution in [0, 0.1) is 6.92 Å². The molecule has 1 atom stereocenters. The fourth-order valence-corrected chi connectivity index (χ4v) is 3.20. The van der Waals surface area contributed by atoms with E-state index in [2.05, 4.69) is 25.8 Å². The molecular formula is C23H20ClN5O2. The summed E-state index contributed by atoms with van der Waals surface area (Å²) in [4.78, 5) is 17.3. The lowest BCUT2D eigenvalue weighted by Gasteiger charge is -2.18. The molecule has 4 rings (SSSR count). The summed E-state index contributed by atoms with van der Waals surface area (Å²) < 4.78 is 5.91. The highest BCUT2D eigenvalue weighted by Gasteiger charge is 2.21. The van der Waals surface area contributed by atoms with Crippen molar-refractivity contribution in [2.24, 2.45) is 0 Å². The highest BCUT2D eigenvalue weighted by molar-refractivity contribution is 6.32. The number of H-pyrrole nitrogens is 1. The van der Waals surface area contributed by atoms with Crippen LogP contribution in [-0.4, -0.2) is 21.2 Å². The monoisotopic (exact) mass is 433 g/mol. The van der Waals surface area contributed by atoms with E-state index in [9.17, 15) is 4.79 Å². The van der Waals surface area contributed by atoms with Gasteiger partial charge >= 0.3 is 6.03 Å². The van der Waals surface area contributed by atoms with Crippen molar-refractivity contribution in [1.82, 2.24) is 20.5 Å². The number of nitrogens with one attached hydrogen (secondary N) is 3. The number of hydrogen-bond acceptors (Lipinski definition) is 4. The smallest absolute Gasteiger partial charge is 0.320 e. The number of amides is 2. The molecule has 0 aliphatic carbocycles. The predicted molar refractivity (Wildman–Crippen MR) is 120 cm³/mol. The molecule has 1 heterocycles. The number of carbonyl (C=O) groups is 1. The first-order valence-corrected chi connectivity index (χ1v) is 10.0. The number of benzene rings is 3. The standard InChI is InChI=1S/C23H20ClN5O2/c1-15-25-22(29-28-15)21(16-9-3-2-4-10-16)27-23(30)26-18-12-6-8-14-20(18)31-19-13-7-5-11-17(19)24/h2-14,21H,1H3,(H,25,28,29)(H2,26,27,30). The second-order valence-electron chi connectivity index (χ2n) is 6.75. The van der Waals surface area contributed by atoms with Gasteiger partial charge in [0, 0.05) is 0 Å². The summed E-state index contributed by atoms with van der Waals surface area (Å²) in [5, 5.41) is 13.3. The Kier molecular flexibility index (Phi) is 6.14. The van der Waals surface area contributed by atoms with Gasteiger partial charge in [-0.2, -0.15) is 5.10 Å². The second-order valence-corrected chi connectivity index (χ2v) is 7.16. The zero-order valence-electron chi connectivity index (χ0n) is 16.7. The molecule has 7 nitrogen and oxygen atoms in total. The zero-order valence-corrected chi connectivity index (χ0v) is 17.4. The first-order valence-electron chi connectivity index (χ1n) is 9.63. The van der Waals surface area contributed by atoms with Gasteiger partial charge in [0.2, 0.25) is 0 Å². The van der Waals surface area contributed by atoms with Crippen LogP contribution in [0.25, 0.3) is 0 Å². The van der Waals surface area contributed by atoms with Crippen molar-refractivity contribution in [2.75, 3.05) is 5.32 Å². The number of rotatable bonds is 6. The van der Waals surface area contributed by atoms with Crippen LogP contribution in [-0.2, 0) is 0 Å². The molecule has 0 fully saturated rings. The first-order chi connectivity index (χ1) is 15.1. The summed E-state index contributed by atoms with van der Waals surface area (Å²) in [6, 6.07) is 22.8.